The Balaban J connectivity index is 1.97. The number of aryl methyl sites for hydroxylation is 1. The highest BCUT2D eigenvalue weighted by Gasteiger charge is 2.17. The number of hydrogen-bond acceptors (Lipinski definition) is 5. The predicted octanol–water partition coefficient (Wildman–Crippen LogP) is 5.45. The second-order valence-electron chi connectivity index (χ2n) is 5.61. The standard InChI is InChI=1S/C20H13ClFN3OS/c1-12-11-27-20(25-12)13(9-23)10-24-18-7-6-14(21)8-16(18)19(26)15-4-2-3-5-17(15)22/h2-8,10-11,24H,1H3/b13-10+. The van der Waals surface area contributed by atoms with Crippen LogP contribution >= 0.6 is 22.9 Å². The Bertz CT molecular complexity index is 1080. The number of rotatable bonds is 5. The maximum absolute atomic E-state index is 14.0. The summed E-state index contributed by atoms with van der Waals surface area (Å²) in [5, 5.41) is 15.1. The lowest BCUT2D eigenvalue weighted by Gasteiger charge is -2.10. The molecule has 3 aromatic rings. The number of carbonyl (C=O) groups excluding carboxylic acids is 1. The van der Waals surface area contributed by atoms with Crippen molar-refractivity contribution in [2.75, 3.05) is 5.32 Å². The summed E-state index contributed by atoms with van der Waals surface area (Å²) >= 11 is 7.38. The minimum atomic E-state index is -0.611. The first kappa shape index (κ1) is 18.8. The van der Waals surface area contributed by atoms with Gasteiger partial charge in [0, 0.05) is 33.5 Å². The van der Waals surface area contributed by atoms with E-state index in [1.807, 2.05) is 12.3 Å². The molecule has 0 radical (unpaired) electrons. The molecular formula is C20H13ClFN3OS. The van der Waals surface area contributed by atoms with Crippen molar-refractivity contribution in [3.05, 3.63) is 86.7 Å². The van der Waals surface area contributed by atoms with Gasteiger partial charge in [-0.2, -0.15) is 5.26 Å². The van der Waals surface area contributed by atoms with Crippen LogP contribution in [0.2, 0.25) is 5.02 Å². The summed E-state index contributed by atoms with van der Waals surface area (Å²) in [6, 6.07) is 12.5. The van der Waals surface area contributed by atoms with E-state index < -0.39 is 11.6 Å². The third-order valence-corrected chi connectivity index (χ3v) is 4.92. The summed E-state index contributed by atoms with van der Waals surface area (Å²) in [4.78, 5) is 17.1. The fourth-order valence-corrected chi connectivity index (χ4v) is 3.33. The molecule has 1 heterocycles. The van der Waals surface area contributed by atoms with Crippen LogP contribution in [-0.4, -0.2) is 10.8 Å². The van der Waals surface area contributed by atoms with Crippen molar-refractivity contribution in [1.29, 1.82) is 5.26 Å². The molecule has 0 fully saturated rings. The second kappa shape index (κ2) is 8.12. The number of allylic oxidation sites excluding steroid dienone is 1. The van der Waals surface area contributed by atoms with Gasteiger partial charge in [0.2, 0.25) is 0 Å². The molecular weight excluding hydrogens is 385 g/mol. The Kier molecular flexibility index (Phi) is 5.65. The average Bonchev–Trinajstić information content (AvgIpc) is 3.09. The quantitative estimate of drug-likeness (QED) is 0.459. The van der Waals surface area contributed by atoms with Crippen LogP contribution in [0.3, 0.4) is 0 Å². The summed E-state index contributed by atoms with van der Waals surface area (Å²) in [5.74, 6) is -1.12. The lowest BCUT2D eigenvalue weighted by molar-refractivity contribution is 0.103. The number of nitrogens with zero attached hydrogens (tertiary/aromatic N) is 2. The first-order valence-electron chi connectivity index (χ1n) is 7.87. The van der Waals surface area contributed by atoms with Crippen LogP contribution in [0.4, 0.5) is 10.1 Å². The van der Waals surface area contributed by atoms with E-state index in [2.05, 4.69) is 16.4 Å². The number of nitriles is 1. The molecule has 0 spiro atoms. The maximum atomic E-state index is 14.0. The number of ketones is 1. The molecule has 0 unspecified atom stereocenters. The molecule has 2 aromatic carbocycles. The fourth-order valence-electron chi connectivity index (χ4n) is 2.39. The van der Waals surface area contributed by atoms with Crippen LogP contribution in [0.1, 0.15) is 26.6 Å². The number of aromatic nitrogens is 1. The van der Waals surface area contributed by atoms with Crippen molar-refractivity contribution in [3.63, 3.8) is 0 Å². The van der Waals surface area contributed by atoms with Gasteiger partial charge in [-0.25, -0.2) is 9.37 Å². The number of anilines is 1. The van der Waals surface area contributed by atoms with Gasteiger partial charge in [-0.3, -0.25) is 4.79 Å². The van der Waals surface area contributed by atoms with Gasteiger partial charge in [-0.15, -0.1) is 11.3 Å². The lowest BCUT2D eigenvalue weighted by Crippen LogP contribution is -2.07. The second-order valence-corrected chi connectivity index (χ2v) is 6.90. The molecule has 0 bridgehead atoms. The highest BCUT2D eigenvalue weighted by atomic mass is 35.5. The van der Waals surface area contributed by atoms with Crippen LogP contribution in [-0.2, 0) is 0 Å². The van der Waals surface area contributed by atoms with E-state index in [1.54, 1.807) is 18.2 Å². The highest BCUT2D eigenvalue weighted by Crippen LogP contribution is 2.26. The minimum Gasteiger partial charge on any atom is -0.360 e. The van der Waals surface area contributed by atoms with Crippen molar-refractivity contribution in [3.8, 4) is 6.07 Å². The zero-order valence-electron chi connectivity index (χ0n) is 14.2. The monoisotopic (exact) mass is 397 g/mol. The molecule has 0 atom stereocenters. The normalized spacial score (nSPS) is 11.1. The molecule has 0 saturated heterocycles. The summed E-state index contributed by atoms with van der Waals surface area (Å²) in [6.07, 6.45) is 1.47. The van der Waals surface area contributed by atoms with Crippen molar-refractivity contribution >= 4 is 40.0 Å². The Morgan fingerprint density at radius 1 is 1.30 bits per heavy atom. The van der Waals surface area contributed by atoms with Gasteiger partial charge >= 0.3 is 0 Å². The summed E-state index contributed by atoms with van der Waals surface area (Å²) in [7, 11) is 0. The molecule has 4 nitrogen and oxygen atoms in total. The summed E-state index contributed by atoms with van der Waals surface area (Å²) in [6.45, 7) is 1.84. The van der Waals surface area contributed by atoms with Gasteiger partial charge in [0.25, 0.3) is 0 Å². The van der Waals surface area contributed by atoms with Crippen LogP contribution < -0.4 is 5.32 Å². The van der Waals surface area contributed by atoms with Gasteiger partial charge in [0.15, 0.2) is 5.78 Å². The molecule has 1 aromatic heterocycles. The van der Waals surface area contributed by atoms with Gasteiger partial charge in [0.05, 0.1) is 5.56 Å². The summed E-state index contributed by atoms with van der Waals surface area (Å²) < 4.78 is 14.0. The number of thiazole rings is 1. The fraction of sp³-hybridized carbons (Fsp3) is 0.0500. The van der Waals surface area contributed by atoms with Gasteiger partial charge in [-0.1, -0.05) is 23.7 Å². The zero-order valence-corrected chi connectivity index (χ0v) is 15.7. The zero-order chi connectivity index (χ0) is 19.4. The van der Waals surface area contributed by atoms with Crippen molar-refractivity contribution < 1.29 is 9.18 Å². The average molecular weight is 398 g/mol. The van der Waals surface area contributed by atoms with Gasteiger partial charge in [0.1, 0.15) is 22.5 Å². The van der Waals surface area contributed by atoms with Crippen LogP contribution in [0.5, 0.6) is 0 Å². The topological polar surface area (TPSA) is 65.8 Å². The first-order valence-corrected chi connectivity index (χ1v) is 9.13. The highest BCUT2D eigenvalue weighted by molar-refractivity contribution is 7.10. The van der Waals surface area contributed by atoms with Crippen molar-refractivity contribution in [2.45, 2.75) is 6.92 Å². The van der Waals surface area contributed by atoms with Crippen LogP contribution in [0.25, 0.3) is 5.57 Å². The Morgan fingerprint density at radius 2 is 2.07 bits per heavy atom. The van der Waals surface area contributed by atoms with E-state index in [1.165, 1.54) is 41.8 Å². The van der Waals surface area contributed by atoms with E-state index in [4.69, 9.17) is 11.6 Å². The number of halogens is 2. The molecule has 0 aliphatic rings. The lowest BCUT2D eigenvalue weighted by atomic mass is 10.0. The van der Waals surface area contributed by atoms with E-state index in [0.717, 1.165) is 5.69 Å². The smallest absolute Gasteiger partial charge is 0.198 e. The number of carbonyl (C=O) groups is 1. The molecule has 0 amide bonds. The molecule has 3 rings (SSSR count). The van der Waals surface area contributed by atoms with Crippen LogP contribution in [0, 0.1) is 24.1 Å². The number of benzene rings is 2. The molecule has 7 heteroatoms. The van der Waals surface area contributed by atoms with Crippen molar-refractivity contribution in [2.24, 2.45) is 0 Å². The van der Waals surface area contributed by atoms with E-state index in [0.29, 0.717) is 21.3 Å². The predicted molar refractivity (Wildman–Crippen MR) is 105 cm³/mol. The third-order valence-electron chi connectivity index (χ3n) is 3.69. The Morgan fingerprint density at radius 3 is 2.74 bits per heavy atom. The van der Waals surface area contributed by atoms with Crippen molar-refractivity contribution in [1.82, 2.24) is 4.98 Å². The number of hydrogen-bond donors (Lipinski definition) is 1. The minimum absolute atomic E-state index is 0.0529. The van der Waals surface area contributed by atoms with E-state index >= 15 is 0 Å². The molecule has 1 N–H and O–H groups in total. The van der Waals surface area contributed by atoms with E-state index in [-0.39, 0.29) is 11.1 Å². The molecule has 0 aliphatic carbocycles. The Hall–Kier alpha value is -3.01. The molecule has 27 heavy (non-hydrogen) atoms. The van der Waals surface area contributed by atoms with Gasteiger partial charge in [-0.05, 0) is 37.3 Å². The number of nitrogens with one attached hydrogen (secondary N) is 1. The Labute approximate surface area is 164 Å². The largest absolute Gasteiger partial charge is 0.360 e. The van der Waals surface area contributed by atoms with Crippen LogP contribution in [0.15, 0.2) is 54.0 Å². The maximum Gasteiger partial charge on any atom is 0.198 e. The summed E-state index contributed by atoms with van der Waals surface area (Å²) in [5.41, 5.74) is 1.71. The first-order chi connectivity index (χ1) is 13.0. The molecule has 134 valence electrons. The molecule has 0 aliphatic heterocycles. The SMILES string of the molecule is Cc1csc(/C(C#N)=C/Nc2ccc(Cl)cc2C(=O)c2ccccc2F)n1. The molecule has 0 saturated carbocycles. The van der Waals surface area contributed by atoms with E-state index in [9.17, 15) is 14.4 Å². The third kappa shape index (κ3) is 4.22. The van der Waals surface area contributed by atoms with Gasteiger partial charge < -0.3 is 5.32 Å².